The number of nitrogens with zero attached hydrogens (tertiary/aromatic N) is 3. The molecular weight excluding hydrogens is 372 g/mol. The number of hydrogen-bond acceptors (Lipinski definition) is 5. The van der Waals surface area contributed by atoms with Crippen LogP contribution in [0.5, 0.6) is 5.75 Å². The van der Waals surface area contributed by atoms with E-state index in [0.29, 0.717) is 18.1 Å². The summed E-state index contributed by atoms with van der Waals surface area (Å²) in [7, 11) is 0. The molecule has 2 aromatic heterocycles. The Hall–Kier alpha value is -3.19. The molecule has 4 aromatic rings. The summed E-state index contributed by atoms with van der Waals surface area (Å²) in [5.41, 5.74) is 2.52. The van der Waals surface area contributed by atoms with Gasteiger partial charge in [0.15, 0.2) is 0 Å². The third-order valence-corrected chi connectivity index (χ3v) is 4.89. The summed E-state index contributed by atoms with van der Waals surface area (Å²) in [6, 6.07) is 17.0. The molecule has 0 spiro atoms. The summed E-state index contributed by atoms with van der Waals surface area (Å²) < 4.78 is 7.40. The van der Waals surface area contributed by atoms with Crippen molar-refractivity contribution in [2.24, 2.45) is 5.92 Å². The van der Waals surface area contributed by atoms with Gasteiger partial charge in [-0.25, -0.2) is 4.52 Å². The van der Waals surface area contributed by atoms with Gasteiger partial charge in [-0.2, -0.15) is 4.98 Å². The average Bonchev–Trinajstić information content (AvgIpc) is 3.27. The molecule has 0 unspecified atom stereocenters. The Kier molecular flexibility index (Phi) is 5.08. The van der Waals surface area contributed by atoms with Crippen LogP contribution in [0.1, 0.15) is 24.2 Å². The number of thiazole rings is 1. The zero-order valence-electron chi connectivity index (χ0n) is 15.6. The molecule has 0 aliphatic rings. The second kappa shape index (κ2) is 7.82. The van der Waals surface area contributed by atoms with Gasteiger partial charge in [-0.05, 0) is 30.2 Å². The highest BCUT2D eigenvalue weighted by molar-refractivity contribution is 7.15. The van der Waals surface area contributed by atoms with E-state index in [1.54, 1.807) is 28.8 Å². The fraction of sp³-hybridized carbons (Fsp3) is 0.190. The van der Waals surface area contributed by atoms with Gasteiger partial charge in [0.1, 0.15) is 5.75 Å². The first-order valence-corrected chi connectivity index (χ1v) is 9.92. The van der Waals surface area contributed by atoms with Crippen molar-refractivity contribution in [3.63, 3.8) is 0 Å². The van der Waals surface area contributed by atoms with Gasteiger partial charge in [-0.3, -0.25) is 10.1 Å². The van der Waals surface area contributed by atoms with E-state index in [1.807, 2.05) is 35.7 Å². The maximum Gasteiger partial charge on any atom is 0.258 e. The zero-order valence-corrected chi connectivity index (χ0v) is 16.4. The number of aromatic nitrogens is 3. The zero-order chi connectivity index (χ0) is 19.5. The molecule has 0 aliphatic carbocycles. The Morgan fingerprint density at radius 2 is 1.89 bits per heavy atom. The van der Waals surface area contributed by atoms with Gasteiger partial charge in [0.25, 0.3) is 11.9 Å². The molecule has 2 aromatic carbocycles. The molecule has 0 radical (unpaired) electrons. The van der Waals surface area contributed by atoms with Crippen LogP contribution < -0.4 is 10.1 Å². The fourth-order valence-corrected chi connectivity index (χ4v) is 3.51. The molecule has 0 saturated heterocycles. The fourth-order valence-electron chi connectivity index (χ4n) is 2.68. The third kappa shape index (κ3) is 3.89. The molecule has 4 rings (SSSR count). The van der Waals surface area contributed by atoms with E-state index in [1.165, 1.54) is 11.3 Å². The van der Waals surface area contributed by atoms with Crippen molar-refractivity contribution in [1.29, 1.82) is 0 Å². The maximum atomic E-state index is 12.5. The molecular formula is C21H20N4O2S. The van der Waals surface area contributed by atoms with Crippen LogP contribution in [0.2, 0.25) is 0 Å². The van der Waals surface area contributed by atoms with Crippen LogP contribution in [0.4, 0.5) is 5.95 Å². The smallest absolute Gasteiger partial charge is 0.258 e. The van der Waals surface area contributed by atoms with E-state index in [9.17, 15) is 4.79 Å². The predicted octanol–water partition coefficient (Wildman–Crippen LogP) is 4.74. The Balaban J connectivity index is 1.49. The number of carbonyl (C=O) groups excluding carboxylic acids is 1. The molecule has 0 atom stereocenters. The van der Waals surface area contributed by atoms with Crippen LogP contribution in [0, 0.1) is 5.92 Å². The number of anilines is 1. The highest BCUT2D eigenvalue weighted by Crippen LogP contribution is 2.25. The van der Waals surface area contributed by atoms with E-state index in [2.05, 4.69) is 29.2 Å². The number of nitrogens with one attached hydrogen (secondary N) is 1. The predicted molar refractivity (Wildman–Crippen MR) is 111 cm³/mol. The monoisotopic (exact) mass is 392 g/mol. The van der Waals surface area contributed by atoms with Crippen LogP contribution in [0.25, 0.3) is 16.2 Å². The molecule has 1 N–H and O–H groups in total. The van der Waals surface area contributed by atoms with Crippen LogP contribution >= 0.6 is 11.3 Å². The summed E-state index contributed by atoms with van der Waals surface area (Å²) in [6.45, 7) is 4.83. The highest BCUT2D eigenvalue weighted by atomic mass is 32.1. The second-order valence-corrected chi connectivity index (χ2v) is 7.64. The molecule has 0 bridgehead atoms. The normalized spacial score (nSPS) is 11.1. The summed E-state index contributed by atoms with van der Waals surface area (Å²) in [4.78, 5) is 17.6. The van der Waals surface area contributed by atoms with Crippen LogP contribution in [0.15, 0.2) is 60.0 Å². The van der Waals surface area contributed by atoms with Crippen molar-refractivity contribution in [1.82, 2.24) is 14.6 Å². The minimum absolute atomic E-state index is 0.255. The summed E-state index contributed by atoms with van der Waals surface area (Å²) in [5.74, 6) is 1.23. The van der Waals surface area contributed by atoms with Gasteiger partial charge in [-0.1, -0.05) is 44.2 Å². The Morgan fingerprint density at radius 3 is 2.61 bits per heavy atom. The summed E-state index contributed by atoms with van der Waals surface area (Å²) >= 11 is 1.48. The van der Waals surface area contributed by atoms with Crippen molar-refractivity contribution in [2.75, 3.05) is 11.9 Å². The van der Waals surface area contributed by atoms with Gasteiger partial charge >= 0.3 is 0 Å². The van der Waals surface area contributed by atoms with Gasteiger partial charge in [-0.15, -0.1) is 16.4 Å². The molecule has 2 heterocycles. The van der Waals surface area contributed by atoms with Crippen molar-refractivity contribution in [2.45, 2.75) is 13.8 Å². The first-order chi connectivity index (χ1) is 13.6. The van der Waals surface area contributed by atoms with Crippen LogP contribution in [0.3, 0.4) is 0 Å². The maximum absolute atomic E-state index is 12.5. The van der Waals surface area contributed by atoms with Crippen molar-refractivity contribution < 1.29 is 9.53 Å². The first kappa shape index (κ1) is 18.2. The van der Waals surface area contributed by atoms with Crippen LogP contribution in [-0.2, 0) is 0 Å². The average molecular weight is 392 g/mol. The SMILES string of the molecule is CC(C)COc1ccc(C(=O)Nc2nc3scc(-c4ccccc4)n3n2)cc1. The largest absolute Gasteiger partial charge is 0.493 e. The lowest BCUT2D eigenvalue weighted by atomic mass is 10.2. The number of carbonyl (C=O) groups is 1. The van der Waals surface area contributed by atoms with Gasteiger partial charge in [0, 0.05) is 16.5 Å². The number of rotatable bonds is 6. The Labute approximate surface area is 166 Å². The van der Waals surface area contributed by atoms with E-state index in [0.717, 1.165) is 22.0 Å². The van der Waals surface area contributed by atoms with Crippen molar-refractivity contribution in [3.05, 3.63) is 65.5 Å². The minimum atomic E-state index is -0.255. The number of hydrogen-bond donors (Lipinski definition) is 1. The van der Waals surface area contributed by atoms with Gasteiger partial charge < -0.3 is 4.74 Å². The topological polar surface area (TPSA) is 68.5 Å². The van der Waals surface area contributed by atoms with E-state index in [4.69, 9.17) is 4.74 Å². The highest BCUT2D eigenvalue weighted by Gasteiger charge is 2.14. The molecule has 7 heteroatoms. The number of amides is 1. The number of ether oxygens (including phenoxy) is 1. The lowest BCUT2D eigenvalue weighted by molar-refractivity contribution is 0.102. The Morgan fingerprint density at radius 1 is 1.14 bits per heavy atom. The Bertz CT molecular complexity index is 1080. The lowest BCUT2D eigenvalue weighted by Gasteiger charge is -2.09. The van der Waals surface area contributed by atoms with E-state index < -0.39 is 0 Å². The minimum Gasteiger partial charge on any atom is -0.493 e. The standard InChI is InChI=1S/C21H20N4O2S/c1-14(2)12-27-17-10-8-16(9-11-17)19(26)22-20-23-21-25(24-20)18(13-28-21)15-6-4-3-5-7-15/h3-11,13-14H,12H2,1-2H3,(H,22,24,26). The third-order valence-electron chi connectivity index (χ3n) is 4.08. The van der Waals surface area contributed by atoms with Gasteiger partial charge in [0.2, 0.25) is 4.96 Å². The number of fused-ring (bicyclic) bond motifs is 1. The van der Waals surface area contributed by atoms with Gasteiger partial charge in [0.05, 0.1) is 12.3 Å². The molecule has 142 valence electrons. The quantitative estimate of drug-likeness (QED) is 0.514. The molecule has 0 fully saturated rings. The molecule has 28 heavy (non-hydrogen) atoms. The summed E-state index contributed by atoms with van der Waals surface area (Å²) in [6.07, 6.45) is 0. The first-order valence-electron chi connectivity index (χ1n) is 9.04. The van der Waals surface area contributed by atoms with Crippen LogP contribution in [-0.4, -0.2) is 27.1 Å². The van der Waals surface area contributed by atoms with E-state index >= 15 is 0 Å². The van der Waals surface area contributed by atoms with E-state index in [-0.39, 0.29) is 11.9 Å². The van der Waals surface area contributed by atoms with Crippen molar-refractivity contribution >= 4 is 28.2 Å². The molecule has 6 nitrogen and oxygen atoms in total. The summed E-state index contributed by atoms with van der Waals surface area (Å²) in [5, 5.41) is 9.21. The molecule has 0 saturated carbocycles. The second-order valence-electron chi connectivity index (χ2n) is 6.80. The molecule has 0 aliphatic heterocycles. The van der Waals surface area contributed by atoms with Crippen molar-refractivity contribution in [3.8, 4) is 17.0 Å². The lowest BCUT2D eigenvalue weighted by Crippen LogP contribution is -2.13. The number of benzene rings is 2. The molecule has 1 amide bonds.